The first kappa shape index (κ1) is 21.7. The van der Waals surface area contributed by atoms with E-state index in [4.69, 9.17) is 16.6 Å². The van der Waals surface area contributed by atoms with E-state index in [-0.39, 0.29) is 11.9 Å². The van der Waals surface area contributed by atoms with E-state index in [1.54, 1.807) is 18.6 Å². The molecule has 0 bridgehead atoms. The molecule has 1 N–H and O–H groups in total. The molecule has 1 atom stereocenters. The lowest BCUT2D eigenvalue weighted by Gasteiger charge is -2.24. The van der Waals surface area contributed by atoms with Gasteiger partial charge in [-0.25, -0.2) is 4.98 Å². The first-order valence-corrected chi connectivity index (χ1v) is 11.4. The Labute approximate surface area is 187 Å². The Kier molecular flexibility index (Phi) is 7.14. The zero-order chi connectivity index (χ0) is 21.6. The fourth-order valence-corrected chi connectivity index (χ4v) is 4.26. The van der Waals surface area contributed by atoms with Crippen molar-refractivity contribution in [3.63, 3.8) is 0 Å². The predicted molar refractivity (Wildman–Crippen MR) is 121 cm³/mol. The molecule has 4 rings (SSSR count). The van der Waals surface area contributed by atoms with Crippen LogP contribution in [-0.2, 0) is 13.0 Å². The summed E-state index contributed by atoms with van der Waals surface area (Å²) in [5, 5.41) is 4.14. The van der Waals surface area contributed by atoms with Gasteiger partial charge in [0.1, 0.15) is 5.65 Å². The fraction of sp³-hybridized carbons (Fsp3) is 0.478. The summed E-state index contributed by atoms with van der Waals surface area (Å²) in [4.78, 5) is 28.6. The number of pyridine rings is 1. The minimum Gasteiger partial charge on any atom is -0.337 e. The minimum atomic E-state index is 0.0140. The largest absolute Gasteiger partial charge is 0.337 e. The van der Waals surface area contributed by atoms with Crippen molar-refractivity contribution < 1.29 is 4.79 Å². The van der Waals surface area contributed by atoms with E-state index in [2.05, 4.69) is 22.2 Å². The van der Waals surface area contributed by atoms with Crippen molar-refractivity contribution in [3.8, 4) is 0 Å². The molecule has 1 amide bonds. The third-order valence-electron chi connectivity index (χ3n) is 5.78. The third kappa shape index (κ3) is 5.40. The van der Waals surface area contributed by atoms with Crippen LogP contribution in [0.2, 0.25) is 5.02 Å². The monoisotopic (exact) mass is 440 g/mol. The van der Waals surface area contributed by atoms with E-state index in [1.165, 1.54) is 19.3 Å². The normalized spacial score (nSPS) is 16.1. The number of nitrogens with zero attached hydrogens (tertiary/aromatic N) is 5. The highest BCUT2D eigenvalue weighted by molar-refractivity contribution is 6.30. The second kappa shape index (κ2) is 10.2. The van der Waals surface area contributed by atoms with Gasteiger partial charge in [-0.2, -0.15) is 0 Å². The predicted octanol–water partition coefficient (Wildman–Crippen LogP) is 3.90. The van der Waals surface area contributed by atoms with Crippen molar-refractivity contribution in [2.24, 2.45) is 0 Å². The second-order valence-electron chi connectivity index (χ2n) is 8.23. The summed E-state index contributed by atoms with van der Waals surface area (Å²) in [6.07, 6.45) is 13.5. The zero-order valence-electron chi connectivity index (χ0n) is 17.9. The number of nitrogens with one attached hydrogen (secondary N) is 1. The van der Waals surface area contributed by atoms with Gasteiger partial charge in [-0.15, -0.1) is 0 Å². The highest BCUT2D eigenvalue weighted by Crippen LogP contribution is 2.20. The molecule has 3 aromatic heterocycles. The average Bonchev–Trinajstić information content (AvgIpc) is 3.10. The average molecular weight is 441 g/mol. The molecule has 0 radical (unpaired) electrons. The number of hydrogen-bond donors (Lipinski definition) is 1. The highest BCUT2D eigenvalue weighted by Gasteiger charge is 2.24. The van der Waals surface area contributed by atoms with Gasteiger partial charge in [0.2, 0.25) is 0 Å². The van der Waals surface area contributed by atoms with E-state index < -0.39 is 0 Å². The van der Waals surface area contributed by atoms with Crippen molar-refractivity contribution in [2.75, 3.05) is 13.1 Å². The Bertz CT molecular complexity index is 1010. The first-order chi connectivity index (χ1) is 15.1. The van der Waals surface area contributed by atoms with Gasteiger partial charge in [0, 0.05) is 56.9 Å². The summed E-state index contributed by atoms with van der Waals surface area (Å²) in [5.41, 5.74) is 3.02. The number of imidazole rings is 1. The van der Waals surface area contributed by atoms with Crippen molar-refractivity contribution in [2.45, 2.75) is 58.0 Å². The summed E-state index contributed by atoms with van der Waals surface area (Å²) in [6, 6.07) is 3.83. The van der Waals surface area contributed by atoms with Gasteiger partial charge in [-0.1, -0.05) is 30.9 Å². The van der Waals surface area contributed by atoms with Gasteiger partial charge in [0.25, 0.3) is 5.91 Å². The topological polar surface area (TPSA) is 75.4 Å². The highest BCUT2D eigenvalue weighted by atomic mass is 35.5. The second-order valence-corrected chi connectivity index (χ2v) is 8.66. The number of aromatic nitrogens is 4. The van der Waals surface area contributed by atoms with E-state index >= 15 is 0 Å². The van der Waals surface area contributed by atoms with Crippen LogP contribution < -0.4 is 5.32 Å². The van der Waals surface area contributed by atoms with Crippen molar-refractivity contribution in [1.29, 1.82) is 0 Å². The molecule has 3 aromatic rings. The summed E-state index contributed by atoms with van der Waals surface area (Å²) in [6.45, 7) is 4.20. The van der Waals surface area contributed by atoms with Crippen LogP contribution in [0.5, 0.6) is 0 Å². The number of likely N-dealkylation sites (tertiary alicyclic amines) is 1. The molecule has 0 unspecified atom stereocenters. The first-order valence-electron chi connectivity index (χ1n) is 11.1. The molecule has 7 nitrogen and oxygen atoms in total. The number of carbonyl (C=O) groups is 1. The number of halogens is 1. The maximum absolute atomic E-state index is 13.4. The SMILES string of the molecule is C[C@H](Cc1cnccn1)NCc1c(C(=O)N2CCCCCCC2)nc2ccc(Cl)cn12. The van der Waals surface area contributed by atoms with E-state index in [1.807, 2.05) is 27.6 Å². The van der Waals surface area contributed by atoms with E-state index in [0.717, 1.165) is 49.4 Å². The smallest absolute Gasteiger partial charge is 0.274 e. The van der Waals surface area contributed by atoms with Gasteiger partial charge in [0.15, 0.2) is 5.69 Å². The molecule has 1 saturated heterocycles. The maximum atomic E-state index is 13.4. The van der Waals surface area contributed by atoms with Crippen molar-refractivity contribution in [1.82, 2.24) is 29.6 Å². The lowest BCUT2D eigenvalue weighted by Crippen LogP contribution is -2.35. The van der Waals surface area contributed by atoms with Gasteiger partial charge in [-0.05, 0) is 31.9 Å². The van der Waals surface area contributed by atoms with Crippen molar-refractivity contribution in [3.05, 3.63) is 59.0 Å². The number of fused-ring (bicyclic) bond motifs is 1. The Morgan fingerprint density at radius 1 is 1.16 bits per heavy atom. The molecule has 0 spiro atoms. The van der Waals surface area contributed by atoms with Crippen LogP contribution in [0.25, 0.3) is 5.65 Å². The van der Waals surface area contributed by atoms with Crippen LogP contribution in [0.1, 0.15) is 60.9 Å². The van der Waals surface area contributed by atoms with Crippen LogP contribution in [0.15, 0.2) is 36.9 Å². The van der Waals surface area contributed by atoms with Crippen LogP contribution in [-0.4, -0.2) is 49.3 Å². The number of hydrogen-bond acceptors (Lipinski definition) is 5. The van der Waals surface area contributed by atoms with Gasteiger partial charge >= 0.3 is 0 Å². The van der Waals surface area contributed by atoms with Crippen LogP contribution in [0.4, 0.5) is 0 Å². The Morgan fingerprint density at radius 3 is 2.68 bits per heavy atom. The lowest BCUT2D eigenvalue weighted by molar-refractivity contribution is 0.0735. The molecular formula is C23H29ClN6O. The van der Waals surface area contributed by atoms with Gasteiger partial charge in [0.05, 0.1) is 16.4 Å². The molecular weight excluding hydrogens is 412 g/mol. The molecule has 0 aliphatic carbocycles. The standard InChI is InChI=1S/C23H29ClN6O/c1-17(13-19-14-25-9-10-26-19)27-15-20-22(28-21-8-7-18(24)16-30(20)21)23(31)29-11-5-3-2-4-6-12-29/h7-10,14,16-17,27H,2-6,11-13,15H2,1H3/t17-/m1/s1. The van der Waals surface area contributed by atoms with Gasteiger partial charge < -0.3 is 14.6 Å². The molecule has 1 aliphatic rings. The maximum Gasteiger partial charge on any atom is 0.274 e. The Hall–Kier alpha value is -2.51. The molecule has 1 aliphatic heterocycles. The number of rotatable bonds is 6. The molecule has 0 aromatic carbocycles. The molecule has 31 heavy (non-hydrogen) atoms. The quantitative estimate of drug-likeness (QED) is 0.629. The molecule has 1 fully saturated rings. The summed E-state index contributed by atoms with van der Waals surface area (Å²) < 4.78 is 1.93. The van der Waals surface area contributed by atoms with E-state index in [0.29, 0.717) is 17.3 Å². The summed E-state index contributed by atoms with van der Waals surface area (Å²) in [7, 11) is 0. The Balaban J connectivity index is 1.56. The lowest BCUT2D eigenvalue weighted by atomic mass is 10.1. The molecule has 4 heterocycles. The van der Waals surface area contributed by atoms with Crippen molar-refractivity contribution >= 4 is 23.2 Å². The molecule has 164 valence electrons. The Morgan fingerprint density at radius 2 is 1.94 bits per heavy atom. The molecule has 8 heteroatoms. The fourth-order valence-electron chi connectivity index (χ4n) is 4.10. The summed E-state index contributed by atoms with van der Waals surface area (Å²) >= 11 is 6.26. The number of amides is 1. The van der Waals surface area contributed by atoms with Crippen LogP contribution >= 0.6 is 11.6 Å². The zero-order valence-corrected chi connectivity index (χ0v) is 18.7. The van der Waals surface area contributed by atoms with Crippen LogP contribution in [0.3, 0.4) is 0 Å². The van der Waals surface area contributed by atoms with E-state index in [9.17, 15) is 4.79 Å². The minimum absolute atomic E-state index is 0.0140. The van der Waals surface area contributed by atoms with Crippen LogP contribution in [0, 0.1) is 0 Å². The molecule has 0 saturated carbocycles. The summed E-state index contributed by atoms with van der Waals surface area (Å²) in [5.74, 6) is 0.0140. The number of carbonyl (C=O) groups excluding carboxylic acids is 1. The van der Waals surface area contributed by atoms with Gasteiger partial charge in [-0.3, -0.25) is 14.8 Å². The third-order valence-corrected chi connectivity index (χ3v) is 6.00.